The van der Waals surface area contributed by atoms with Crippen molar-refractivity contribution in [1.82, 2.24) is 0 Å². The predicted octanol–water partition coefficient (Wildman–Crippen LogP) is 2.32. The van der Waals surface area contributed by atoms with E-state index >= 15 is 0 Å². The number of hydrogen-bond donors (Lipinski definition) is 2. The number of benzene rings is 1. The Kier molecular flexibility index (Phi) is 5.51. The molecule has 0 bridgehead atoms. The molecule has 0 aliphatic carbocycles. The first-order valence-electron chi connectivity index (χ1n) is 5.71. The monoisotopic (exact) mass is 252 g/mol. The normalized spacial score (nSPS) is 12.2. The minimum Gasteiger partial charge on any atom is -0.329 e. The molecule has 17 heavy (non-hydrogen) atoms. The molecular weight excluding hydrogens is 232 g/mol. The van der Waals surface area contributed by atoms with Crippen molar-refractivity contribution in [2.45, 2.75) is 26.0 Å². The first-order valence-corrected chi connectivity index (χ1v) is 6.76. The van der Waals surface area contributed by atoms with Crippen molar-refractivity contribution in [3.05, 3.63) is 29.3 Å². The number of nitrogens with two attached hydrogens (primary N) is 1. The van der Waals surface area contributed by atoms with Crippen LogP contribution in [0.15, 0.2) is 18.2 Å². The Morgan fingerprint density at radius 1 is 1.47 bits per heavy atom. The molecule has 1 atom stereocenters. The van der Waals surface area contributed by atoms with E-state index in [0.29, 0.717) is 17.5 Å². The number of anilines is 1. The van der Waals surface area contributed by atoms with E-state index in [4.69, 9.17) is 5.73 Å². The summed E-state index contributed by atoms with van der Waals surface area (Å²) in [6, 6.07) is 6.04. The van der Waals surface area contributed by atoms with E-state index in [0.717, 1.165) is 16.8 Å². The van der Waals surface area contributed by atoms with Gasteiger partial charge in [0.1, 0.15) is 0 Å². The molecule has 1 rings (SSSR count). The molecule has 0 saturated carbocycles. The highest BCUT2D eigenvalue weighted by Crippen LogP contribution is 2.17. The van der Waals surface area contributed by atoms with Crippen LogP contribution in [-0.2, 0) is 4.79 Å². The highest BCUT2D eigenvalue weighted by Gasteiger charge is 2.07. The van der Waals surface area contributed by atoms with Gasteiger partial charge in [-0.3, -0.25) is 4.79 Å². The van der Waals surface area contributed by atoms with Gasteiger partial charge < -0.3 is 11.1 Å². The maximum absolute atomic E-state index is 11.7. The average Bonchev–Trinajstić information content (AvgIpc) is 2.30. The molecule has 0 aliphatic heterocycles. The molecule has 1 unspecified atom stereocenters. The summed E-state index contributed by atoms with van der Waals surface area (Å²) >= 11 is 1.58. The van der Waals surface area contributed by atoms with Crippen molar-refractivity contribution in [1.29, 1.82) is 0 Å². The number of carbonyl (C=O) groups is 1. The molecule has 3 nitrogen and oxygen atoms in total. The van der Waals surface area contributed by atoms with Gasteiger partial charge in [0.2, 0.25) is 5.91 Å². The lowest BCUT2D eigenvalue weighted by molar-refractivity contribution is -0.113. The van der Waals surface area contributed by atoms with Gasteiger partial charge in [-0.1, -0.05) is 19.1 Å². The molecule has 0 radical (unpaired) electrons. The fraction of sp³-hybridized carbons (Fsp3) is 0.462. The van der Waals surface area contributed by atoms with Gasteiger partial charge >= 0.3 is 0 Å². The zero-order valence-electron chi connectivity index (χ0n) is 10.6. The lowest BCUT2D eigenvalue weighted by Crippen LogP contribution is -2.19. The molecule has 0 saturated heterocycles. The van der Waals surface area contributed by atoms with E-state index in [-0.39, 0.29) is 5.91 Å². The van der Waals surface area contributed by atoms with Gasteiger partial charge in [-0.2, -0.15) is 0 Å². The molecule has 1 amide bonds. The molecule has 4 heteroatoms. The van der Waals surface area contributed by atoms with Crippen LogP contribution in [0.3, 0.4) is 0 Å². The first kappa shape index (κ1) is 14.1. The van der Waals surface area contributed by atoms with E-state index < -0.39 is 0 Å². The van der Waals surface area contributed by atoms with Crippen molar-refractivity contribution >= 4 is 23.4 Å². The van der Waals surface area contributed by atoms with Crippen molar-refractivity contribution < 1.29 is 4.79 Å². The quantitative estimate of drug-likeness (QED) is 0.845. The fourth-order valence-electron chi connectivity index (χ4n) is 1.34. The number of amides is 1. The molecule has 1 aromatic carbocycles. The number of aryl methyl sites for hydroxylation is 2. The zero-order chi connectivity index (χ0) is 12.8. The molecule has 0 fully saturated rings. The Balaban J connectivity index is 2.53. The maximum atomic E-state index is 11.7. The van der Waals surface area contributed by atoms with Gasteiger partial charge in [0, 0.05) is 17.5 Å². The van der Waals surface area contributed by atoms with Crippen LogP contribution in [0, 0.1) is 13.8 Å². The lowest BCUT2D eigenvalue weighted by atomic mass is 10.1. The number of rotatable bonds is 5. The van der Waals surface area contributed by atoms with Gasteiger partial charge in [-0.15, -0.1) is 11.8 Å². The Morgan fingerprint density at radius 3 is 2.82 bits per heavy atom. The SMILES string of the molecule is Cc1ccc(C)c(NC(=O)CSC(C)CN)c1. The summed E-state index contributed by atoms with van der Waals surface area (Å²) < 4.78 is 0. The van der Waals surface area contributed by atoms with Crippen molar-refractivity contribution in [2.75, 3.05) is 17.6 Å². The second kappa shape index (κ2) is 6.67. The van der Waals surface area contributed by atoms with Crippen LogP contribution >= 0.6 is 11.8 Å². The maximum Gasteiger partial charge on any atom is 0.234 e. The Morgan fingerprint density at radius 2 is 2.18 bits per heavy atom. The van der Waals surface area contributed by atoms with Crippen molar-refractivity contribution in [3.8, 4) is 0 Å². The predicted molar refractivity (Wildman–Crippen MR) is 75.5 cm³/mol. The van der Waals surface area contributed by atoms with Crippen LogP contribution in [-0.4, -0.2) is 23.5 Å². The van der Waals surface area contributed by atoms with Crippen LogP contribution in [0.5, 0.6) is 0 Å². The second-order valence-electron chi connectivity index (χ2n) is 4.22. The van der Waals surface area contributed by atoms with Crippen LogP contribution in [0.4, 0.5) is 5.69 Å². The third-order valence-electron chi connectivity index (χ3n) is 2.50. The molecule has 1 aromatic rings. The number of nitrogens with one attached hydrogen (secondary N) is 1. The average molecular weight is 252 g/mol. The molecule has 3 N–H and O–H groups in total. The smallest absolute Gasteiger partial charge is 0.234 e. The highest BCUT2D eigenvalue weighted by molar-refractivity contribution is 8.00. The standard InChI is InChI=1S/C13H20N2OS/c1-9-4-5-10(2)12(6-9)15-13(16)8-17-11(3)7-14/h4-6,11H,7-8,14H2,1-3H3,(H,15,16). The molecule has 0 spiro atoms. The van der Waals surface area contributed by atoms with E-state index in [2.05, 4.69) is 5.32 Å². The highest BCUT2D eigenvalue weighted by atomic mass is 32.2. The summed E-state index contributed by atoms with van der Waals surface area (Å²) in [7, 11) is 0. The summed E-state index contributed by atoms with van der Waals surface area (Å²) in [5.74, 6) is 0.482. The third kappa shape index (κ3) is 4.79. The molecule has 0 aliphatic rings. The summed E-state index contributed by atoms with van der Waals surface area (Å²) in [6.45, 7) is 6.63. The van der Waals surface area contributed by atoms with Crippen molar-refractivity contribution in [3.63, 3.8) is 0 Å². The summed E-state index contributed by atoms with van der Waals surface area (Å²) in [5, 5.41) is 3.25. The molecule has 0 aromatic heterocycles. The Labute approximate surface area is 107 Å². The number of carbonyl (C=O) groups excluding carboxylic acids is 1. The van der Waals surface area contributed by atoms with Crippen LogP contribution in [0.1, 0.15) is 18.1 Å². The topological polar surface area (TPSA) is 55.1 Å². The Bertz CT molecular complexity index is 393. The number of thioether (sulfide) groups is 1. The molecule has 0 heterocycles. The van der Waals surface area contributed by atoms with Gasteiger partial charge in [-0.25, -0.2) is 0 Å². The van der Waals surface area contributed by atoms with Gasteiger partial charge in [-0.05, 0) is 31.0 Å². The third-order valence-corrected chi connectivity index (χ3v) is 3.69. The van der Waals surface area contributed by atoms with Gasteiger partial charge in [0.05, 0.1) is 5.75 Å². The van der Waals surface area contributed by atoms with Crippen LogP contribution in [0.25, 0.3) is 0 Å². The van der Waals surface area contributed by atoms with Crippen molar-refractivity contribution in [2.24, 2.45) is 5.73 Å². The summed E-state index contributed by atoms with van der Waals surface area (Å²) in [5.41, 5.74) is 8.63. The summed E-state index contributed by atoms with van der Waals surface area (Å²) in [6.07, 6.45) is 0. The van der Waals surface area contributed by atoms with Crippen LogP contribution in [0.2, 0.25) is 0 Å². The van der Waals surface area contributed by atoms with Gasteiger partial charge in [0.25, 0.3) is 0 Å². The number of hydrogen-bond acceptors (Lipinski definition) is 3. The second-order valence-corrected chi connectivity index (χ2v) is 5.65. The zero-order valence-corrected chi connectivity index (χ0v) is 11.4. The van der Waals surface area contributed by atoms with E-state index in [1.807, 2.05) is 39.0 Å². The largest absolute Gasteiger partial charge is 0.329 e. The van der Waals surface area contributed by atoms with E-state index in [1.165, 1.54) is 0 Å². The first-order chi connectivity index (χ1) is 8.02. The molecule has 94 valence electrons. The minimum atomic E-state index is 0.0315. The van der Waals surface area contributed by atoms with E-state index in [9.17, 15) is 4.79 Å². The lowest BCUT2D eigenvalue weighted by Gasteiger charge is -2.11. The fourth-order valence-corrected chi connectivity index (χ4v) is 1.99. The van der Waals surface area contributed by atoms with E-state index in [1.54, 1.807) is 11.8 Å². The van der Waals surface area contributed by atoms with Gasteiger partial charge in [0.15, 0.2) is 0 Å². The van der Waals surface area contributed by atoms with Crippen LogP contribution < -0.4 is 11.1 Å². The summed E-state index contributed by atoms with van der Waals surface area (Å²) in [4.78, 5) is 11.7. The molecular formula is C13H20N2OS. The Hall–Kier alpha value is -1.00. The minimum absolute atomic E-state index is 0.0315.